The van der Waals surface area contributed by atoms with Crippen molar-refractivity contribution >= 4 is 17.2 Å². The van der Waals surface area contributed by atoms with Gasteiger partial charge < -0.3 is 0 Å². The largest absolute Gasteiger partial charge is 0.264 e. The number of nitro groups is 1. The molecule has 18 heavy (non-hydrogen) atoms. The highest BCUT2D eigenvalue weighted by Crippen LogP contribution is 2.40. The summed E-state index contributed by atoms with van der Waals surface area (Å²) >= 11 is 5.95. The van der Waals surface area contributed by atoms with Crippen molar-refractivity contribution in [3.05, 3.63) is 62.7 Å². The normalized spacial score (nSPS) is 23.3. The van der Waals surface area contributed by atoms with Crippen molar-refractivity contribution < 1.29 is 4.92 Å². The molecule has 0 amide bonds. The summed E-state index contributed by atoms with van der Waals surface area (Å²) in [6, 6.07) is 7.68. The second kappa shape index (κ2) is 4.58. The summed E-state index contributed by atoms with van der Waals surface area (Å²) < 4.78 is 0. The van der Waals surface area contributed by atoms with Crippen molar-refractivity contribution in [2.24, 2.45) is 0 Å². The average molecular weight is 264 g/mol. The summed E-state index contributed by atoms with van der Waals surface area (Å²) in [5, 5.41) is 11.9. The van der Waals surface area contributed by atoms with Crippen LogP contribution in [0.25, 0.3) is 5.57 Å². The number of hydrogen-bond acceptors (Lipinski definition) is 2. The fraction of sp³-hybridized carbons (Fsp3) is 0.286. The Morgan fingerprint density at radius 1 is 1.33 bits per heavy atom. The Morgan fingerprint density at radius 3 is 2.61 bits per heavy atom. The fourth-order valence-corrected chi connectivity index (χ4v) is 2.58. The molecule has 0 aliphatic heterocycles. The highest BCUT2D eigenvalue weighted by Gasteiger charge is 2.44. The van der Waals surface area contributed by atoms with Crippen LogP contribution >= 0.6 is 11.6 Å². The van der Waals surface area contributed by atoms with Crippen molar-refractivity contribution in [2.45, 2.75) is 25.8 Å². The molecule has 0 radical (unpaired) electrons. The molecule has 94 valence electrons. The molecular formula is C14H14ClNO2. The van der Waals surface area contributed by atoms with E-state index in [4.69, 9.17) is 11.6 Å². The van der Waals surface area contributed by atoms with E-state index in [1.54, 1.807) is 19.1 Å². The van der Waals surface area contributed by atoms with Crippen molar-refractivity contribution in [1.29, 1.82) is 0 Å². The smallest absolute Gasteiger partial charge is 0.249 e. The molecular weight excluding hydrogens is 250 g/mol. The minimum Gasteiger partial charge on any atom is -0.264 e. The van der Waals surface area contributed by atoms with Crippen LogP contribution in [-0.4, -0.2) is 10.5 Å². The first-order chi connectivity index (χ1) is 8.45. The Hall–Kier alpha value is -1.61. The number of halogens is 1. The van der Waals surface area contributed by atoms with Gasteiger partial charge in [-0.15, -0.1) is 0 Å². The van der Waals surface area contributed by atoms with E-state index in [1.165, 1.54) is 0 Å². The topological polar surface area (TPSA) is 43.1 Å². The Bertz CT molecular complexity index is 563. The fourth-order valence-electron chi connectivity index (χ4n) is 2.25. The van der Waals surface area contributed by atoms with Crippen LogP contribution in [0.4, 0.5) is 0 Å². The van der Waals surface area contributed by atoms with E-state index >= 15 is 0 Å². The predicted octanol–water partition coefficient (Wildman–Crippen LogP) is 3.94. The van der Waals surface area contributed by atoms with E-state index in [0.717, 1.165) is 16.7 Å². The average Bonchev–Trinajstić information content (AvgIpc) is 2.30. The zero-order valence-electron chi connectivity index (χ0n) is 10.3. The van der Waals surface area contributed by atoms with Gasteiger partial charge in [0.05, 0.1) is 6.42 Å². The molecule has 0 N–H and O–H groups in total. The molecule has 1 aliphatic rings. The van der Waals surface area contributed by atoms with Crippen LogP contribution < -0.4 is 0 Å². The van der Waals surface area contributed by atoms with E-state index in [2.05, 4.69) is 0 Å². The van der Waals surface area contributed by atoms with E-state index in [9.17, 15) is 10.1 Å². The SMILES string of the molecule is Cc1ccccc1C1=CC=C(Cl)CC1(C)[N+](=O)[O-]. The lowest BCUT2D eigenvalue weighted by Gasteiger charge is -2.27. The van der Waals surface area contributed by atoms with Crippen molar-refractivity contribution in [1.82, 2.24) is 0 Å². The van der Waals surface area contributed by atoms with Crippen LogP contribution in [0.5, 0.6) is 0 Å². The van der Waals surface area contributed by atoms with Gasteiger partial charge in [-0.3, -0.25) is 10.1 Å². The maximum atomic E-state index is 11.4. The van der Waals surface area contributed by atoms with Gasteiger partial charge >= 0.3 is 0 Å². The van der Waals surface area contributed by atoms with Gasteiger partial charge in [0.2, 0.25) is 5.54 Å². The third-order valence-corrected chi connectivity index (χ3v) is 3.62. The molecule has 0 saturated carbocycles. The molecule has 0 heterocycles. The molecule has 1 aromatic rings. The lowest BCUT2D eigenvalue weighted by molar-refractivity contribution is -0.545. The molecule has 0 fully saturated rings. The second-order valence-electron chi connectivity index (χ2n) is 4.72. The molecule has 2 rings (SSSR count). The number of hydrogen-bond donors (Lipinski definition) is 0. The first kappa shape index (κ1) is 12.8. The molecule has 1 atom stereocenters. The van der Waals surface area contributed by atoms with Gasteiger partial charge in [0.15, 0.2) is 0 Å². The summed E-state index contributed by atoms with van der Waals surface area (Å²) in [4.78, 5) is 11.1. The summed E-state index contributed by atoms with van der Waals surface area (Å²) in [5.41, 5.74) is 1.51. The van der Waals surface area contributed by atoms with Crippen LogP contribution in [0.2, 0.25) is 0 Å². The summed E-state index contributed by atoms with van der Waals surface area (Å²) in [5.74, 6) is 0. The summed E-state index contributed by atoms with van der Waals surface area (Å²) in [7, 11) is 0. The van der Waals surface area contributed by atoms with Crippen LogP contribution in [0.1, 0.15) is 24.5 Å². The molecule has 0 bridgehead atoms. The Morgan fingerprint density at radius 2 is 2.00 bits per heavy atom. The monoisotopic (exact) mass is 263 g/mol. The lowest BCUT2D eigenvalue weighted by Crippen LogP contribution is -2.37. The zero-order valence-corrected chi connectivity index (χ0v) is 11.1. The Labute approximate surface area is 111 Å². The minimum atomic E-state index is -1.15. The zero-order chi connectivity index (χ0) is 13.3. The number of allylic oxidation sites excluding steroid dienone is 2. The Kier molecular flexibility index (Phi) is 3.26. The molecule has 0 aromatic heterocycles. The molecule has 1 aliphatic carbocycles. The first-order valence-electron chi connectivity index (χ1n) is 5.72. The lowest BCUT2D eigenvalue weighted by atomic mass is 9.80. The van der Waals surface area contributed by atoms with Gasteiger partial charge in [-0.25, -0.2) is 0 Å². The summed E-state index contributed by atoms with van der Waals surface area (Å²) in [6.07, 6.45) is 3.74. The molecule has 4 heteroatoms. The highest BCUT2D eigenvalue weighted by atomic mass is 35.5. The van der Waals surface area contributed by atoms with E-state index in [1.807, 2.05) is 31.2 Å². The van der Waals surface area contributed by atoms with Crippen molar-refractivity contribution in [3.8, 4) is 0 Å². The molecule has 0 saturated heterocycles. The third-order valence-electron chi connectivity index (χ3n) is 3.36. The van der Waals surface area contributed by atoms with Gasteiger partial charge in [-0.2, -0.15) is 0 Å². The van der Waals surface area contributed by atoms with Crippen LogP contribution in [0.3, 0.4) is 0 Å². The molecule has 1 aromatic carbocycles. The van der Waals surface area contributed by atoms with Gasteiger partial charge in [0, 0.05) is 22.5 Å². The number of rotatable bonds is 2. The van der Waals surface area contributed by atoms with Gasteiger partial charge in [0.25, 0.3) is 0 Å². The van der Waals surface area contributed by atoms with E-state index < -0.39 is 5.54 Å². The summed E-state index contributed by atoms with van der Waals surface area (Å²) in [6.45, 7) is 3.58. The Balaban J connectivity index is 2.60. The number of nitrogens with zero attached hydrogens (tertiary/aromatic N) is 1. The first-order valence-corrected chi connectivity index (χ1v) is 6.10. The highest BCUT2D eigenvalue weighted by molar-refractivity contribution is 6.30. The third kappa shape index (κ3) is 2.06. The van der Waals surface area contributed by atoms with E-state index in [0.29, 0.717) is 5.03 Å². The number of aryl methyl sites for hydroxylation is 1. The standard InChI is InChI=1S/C14H14ClNO2/c1-10-5-3-4-6-12(10)13-8-7-11(15)9-14(13,2)16(17)18/h3-8H,9H2,1-2H3. The van der Waals surface area contributed by atoms with Crippen molar-refractivity contribution in [3.63, 3.8) is 0 Å². The predicted molar refractivity (Wildman–Crippen MR) is 73.1 cm³/mol. The van der Waals surface area contributed by atoms with Crippen LogP contribution in [0, 0.1) is 17.0 Å². The van der Waals surface area contributed by atoms with Crippen molar-refractivity contribution in [2.75, 3.05) is 0 Å². The van der Waals surface area contributed by atoms with Gasteiger partial charge in [-0.1, -0.05) is 41.9 Å². The maximum Gasteiger partial charge on any atom is 0.249 e. The van der Waals surface area contributed by atoms with Gasteiger partial charge in [0.1, 0.15) is 0 Å². The quantitative estimate of drug-likeness (QED) is 0.599. The van der Waals surface area contributed by atoms with Crippen LogP contribution in [0.15, 0.2) is 41.4 Å². The molecule has 0 spiro atoms. The maximum absolute atomic E-state index is 11.4. The molecule has 3 nitrogen and oxygen atoms in total. The minimum absolute atomic E-state index is 0.238. The number of benzene rings is 1. The molecule has 1 unspecified atom stereocenters. The van der Waals surface area contributed by atoms with Crippen LogP contribution in [-0.2, 0) is 0 Å². The van der Waals surface area contributed by atoms with Gasteiger partial charge in [-0.05, 0) is 24.1 Å². The van der Waals surface area contributed by atoms with E-state index in [-0.39, 0.29) is 11.3 Å². The second-order valence-corrected chi connectivity index (χ2v) is 5.20.